The summed E-state index contributed by atoms with van der Waals surface area (Å²) in [6.07, 6.45) is 3.71. The van der Waals surface area contributed by atoms with Gasteiger partial charge in [-0.3, -0.25) is 14.4 Å². The van der Waals surface area contributed by atoms with E-state index < -0.39 is 29.2 Å². The van der Waals surface area contributed by atoms with E-state index >= 15 is 0 Å². The molecule has 2 fully saturated rings. The number of likely N-dealkylation sites (N-methyl/N-ethyl adjacent to an activating group) is 1. The first-order valence-corrected chi connectivity index (χ1v) is 13.0. The highest BCUT2D eigenvalue weighted by atomic mass is 19.1. The van der Waals surface area contributed by atoms with Gasteiger partial charge in [0.1, 0.15) is 23.6 Å². The molecule has 3 amide bonds. The summed E-state index contributed by atoms with van der Waals surface area (Å²) < 4.78 is 14.3. The number of nitriles is 1. The van der Waals surface area contributed by atoms with Gasteiger partial charge >= 0.3 is 0 Å². The highest BCUT2D eigenvalue weighted by molar-refractivity contribution is 6.07. The first kappa shape index (κ1) is 24.2. The molecule has 2 N–H and O–H groups in total. The van der Waals surface area contributed by atoms with E-state index in [1.807, 2.05) is 24.3 Å². The molecule has 0 bridgehead atoms. The molecule has 2 aliphatic heterocycles. The predicted octanol–water partition coefficient (Wildman–Crippen LogP) is 3.95. The summed E-state index contributed by atoms with van der Waals surface area (Å²) in [5.74, 6) is -1.11. The Morgan fingerprint density at radius 3 is 2.74 bits per heavy atom. The largest absolute Gasteiger partial charge is 0.350 e. The van der Waals surface area contributed by atoms with Crippen molar-refractivity contribution >= 4 is 34.3 Å². The number of likely N-dealkylation sites (tertiary alicyclic amines) is 1. The van der Waals surface area contributed by atoms with Crippen molar-refractivity contribution < 1.29 is 18.8 Å². The Kier molecular flexibility index (Phi) is 5.71. The fourth-order valence-corrected chi connectivity index (χ4v) is 6.21. The summed E-state index contributed by atoms with van der Waals surface area (Å²) in [5.41, 5.74) is 1.19. The molecule has 3 aliphatic rings. The van der Waals surface area contributed by atoms with Gasteiger partial charge in [-0.05, 0) is 42.2 Å². The second kappa shape index (κ2) is 8.98. The van der Waals surface area contributed by atoms with Crippen molar-refractivity contribution in [3.63, 3.8) is 0 Å². The molecule has 2 aromatic carbocycles. The topological polar surface area (TPSA) is 109 Å². The van der Waals surface area contributed by atoms with Crippen LogP contribution < -0.4 is 5.32 Å². The lowest BCUT2D eigenvalue weighted by atomic mass is 9.79. The molecule has 1 aromatic heterocycles. The number of H-pyrrole nitrogens is 1. The molecule has 3 heterocycles. The van der Waals surface area contributed by atoms with Crippen molar-refractivity contribution in [1.29, 1.82) is 5.26 Å². The molecule has 9 heteroatoms. The number of aromatic nitrogens is 1. The zero-order chi connectivity index (χ0) is 26.6. The number of carbonyl (C=O) groups excluding carboxylic acids is 3. The van der Waals surface area contributed by atoms with Crippen LogP contribution in [0.2, 0.25) is 0 Å². The van der Waals surface area contributed by atoms with Gasteiger partial charge in [-0.2, -0.15) is 5.26 Å². The lowest BCUT2D eigenvalue weighted by molar-refractivity contribution is -0.137. The maximum atomic E-state index is 14.3. The van der Waals surface area contributed by atoms with Gasteiger partial charge in [0.15, 0.2) is 0 Å². The van der Waals surface area contributed by atoms with Crippen LogP contribution >= 0.6 is 0 Å². The van der Waals surface area contributed by atoms with E-state index in [0.717, 1.165) is 24.8 Å². The summed E-state index contributed by atoms with van der Waals surface area (Å²) in [4.78, 5) is 46.7. The van der Waals surface area contributed by atoms with Crippen LogP contribution in [-0.2, 0) is 15.0 Å². The molecular weight excluding hydrogens is 485 g/mol. The van der Waals surface area contributed by atoms with Gasteiger partial charge < -0.3 is 20.1 Å². The van der Waals surface area contributed by atoms with E-state index in [0.29, 0.717) is 28.9 Å². The van der Waals surface area contributed by atoms with Gasteiger partial charge in [0.05, 0.1) is 11.5 Å². The fourth-order valence-electron chi connectivity index (χ4n) is 6.21. The van der Waals surface area contributed by atoms with Crippen molar-refractivity contribution in [2.24, 2.45) is 5.92 Å². The average molecular weight is 514 g/mol. The standard InChI is InChI=1S/C29H28FN5O3/c1-34(26(36)24-13-19-21(30)9-5-11-22(19)32-24)25(12-17-6-4-7-17)27(37)35-16-29(14-18(35)15-31)20-8-2-3-10-23(20)33-28(29)38/h2-3,5,8-11,13,17-18,25,32H,4,6-7,12,14,16H2,1H3,(H,33,38)/t18-,25?,29-/m0/s1. The molecule has 1 saturated carbocycles. The van der Waals surface area contributed by atoms with Crippen molar-refractivity contribution in [1.82, 2.24) is 14.8 Å². The van der Waals surface area contributed by atoms with Crippen LogP contribution in [0.3, 0.4) is 0 Å². The molecule has 38 heavy (non-hydrogen) atoms. The third-order valence-electron chi connectivity index (χ3n) is 8.61. The number of amides is 3. The number of nitrogens with one attached hydrogen (secondary N) is 2. The second-order valence-electron chi connectivity index (χ2n) is 10.7. The molecule has 1 unspecified atom stereocenters. The molecule has 6 rings (SSSR count). The van der Waals surface area contributed by atoms with Gasteiger partial charge in [-0.25, -0.2) is 4.39 Å². The van der Waals surface area contributed by atoms with Crippen molar-refractivity contribution in [3.8, 4) is 6.07 Å². The van der Waals surface area contributed by atoms with Crippen LogP contribution in [0.1, 0.15) is 48.2 Å². The van der Waals surface area contributed by atoms with E-state index in [2.05, 4.69) is 16.4 Å². The van der Waals surface area contributed by atoms with Gasteiger partial charge in [0, 0.05) is 36.6 Å². The van der Waals surface area contributed by atoms with E-state index in [-0.39, 0.29) is 30.5 Å². The molecule has 8 nitrogen and oxygen atoms in total. The number of rotatable bonds is 5. The SMILES string of the molecule is CN(C(=O)c1cc2c(F)cccc2[nH]1)C(CC1CCC1)C(=O)N1C[C@]2(C[C@H]1C#N)C(=O)Nc1ccccc12. The summed E-state index contributed by atoms with van der Waals surface area (Å²) in [5, 5.41) is 13.2. The number of anilines is 1. The first-order valence-electron chi connectivity index (χ1n) is 13.0. The molecule has 0 radical (unpaired) electrons. The van der Waals surface area contributed by atoms with E-state index in [4.69, 9.17) is 0 Å². The number of carbonyl (C=O) groups is 3. The monoisotopic (exact) mass is 513 g/mol. The highest BCUT2D eigenvalue weighted by Gasteiger charge is 2.56. The molecule has 1 spiro atoms. The number of aromatic amines is 1. The fraction of sp³-hybridized carbons (Fsp3) is 0.379. The predicted molar refractivity (Wildman–Crippen MR) is 139 cm³/mol. The highest BCUT2D eigenvalue weighted by Crippen LogP contribution is 2.46. The van der Waals surface area contributed by atoms with Gasteiger partial charge in [0.25, 0.3) is 5.91 Å². The minimum absolute atomic E-state index is 0.0771. The van der Waals surface area contributed by atoms with Crippen LogP contribution in [0.15, 0.2) is 48.5 Å². The Morgan fingerprint density at radius 1 is 1.24 bits per heavy atom. The number of halogens is 1. The maximum absolute atomic E-state index is 14.3. The lowest BCUT2D eigenvalue weighted by Crippen LogP contribution is -2.52. The van der Waals surface area contributed by atoms with Gasteiger partial charge in [0.2, 0.25) is 11.8 Å². The van der Waals surface area contributed by atoms with Crippen molar-refractivity contribution in [2.45, 2.75) is 49.6 Å². The molecule has 1 saturated heterocycles. The maximum Gasteiger partial charge on any atom is 0.270 e. The number of hydrogen-bond acceptors (Lipinski definition) is 4. The average Bonchev–Trinajstić information content (AvgIpc) is 3.58. The third kappa shape index (κ3) is 3.66. The molecule has 1 aliphatic carbocycles. The molecule has 194 valence electrons. The number of fused-ring (bicyclic) bond motifs is 3. The first-order chi connectivity index (χ1) is 18.3. The van der Waals surface area contributed by atoms with E-state index in [9.17, 15) is 24.0 Å². The Balaban J connectivity index is 1.32. The summed E-state index contributed by atoms with van der Waals surface area (Å²) in [6.45, 7) is 0.0771. The Labute approximate surface area is 219 Å². The minimum atomic E-state index is -0.995. The summed E-state index contributed by atoms with van der Waals surface area (Å²) >= 11 is 0. The summed E-state index contributed by atoms with van der Waals surface area (Å²) in [7, 11) is 1.58. The Morgan fingerprint density at radius 2 is 2.03 bits per heavy atom. The number of benzene rings is 2. The van der Waals surface area contributed by atoms with Crippen LogP contribution in [0, 0.1) is 23.1 Å². The third-order valence-corrected chi connectivity index (χ3v) is 8.61. The molecule has 3 aromatic rings. The normalized spacial score (nSPS) is 23.1. The second-order valence-corrected chi connectivity index (χ2v) is 10.7. The Bertz CT molecular complexity index is 1510. The van der Waals surface area contributed by atoms with Crippen LogP contribution in [0.5, 0.6) is 0 Å². The van der Waals surface area contributed by atoms with E-state index in [1.54, 1.807) is 19.2 Å². The number of hydrogen-bond donors (Lipinski definition) is 2. The quantitative estimate of drug-likeness (QED) is 0.538. The minimum Gasteiger partial charge on any atom is -0.350 e. The molecule has 3 atom stereocenters. The van der Waals surface area contributed by atoms with Crippen LogP contribution in [0.25, 0.3) is 10.9 Å². The smallest absolute Gasteiger partial charge is 0.270 e. The van der Waals surface area contributed by atoms with Crippen molar-refractivity contribution in [3.05, 3.63) is 65.6 Å². The number of nitrogens with zero attached hydrogens (tertiary/aromatic N) is 3. The van der Waals surface area contributed by atoms with Crippen LogP contribution in [0.4, 0.5) is 10.1 Å². The van der Waals surface area contributed by atoms with Gasteiger partial charge in [-0.1, -0.05) is 43.5 Å². The number of para-hydroxylation sites is 1. The van der Waals surface area contributed by atoms with E-state index in [1.165, 1.54) is 21.9 Å². The zero-order valence-corrected chi connectivity index (χ0v) is 21.0. The molecular formula is C29H28FN5O3. The van der Waals surface area contributed by atoms with Gasteiger partial charge in [-0.15, -0.1) is 0 Å². The lowest BCUT2D eigenvalue weighted by Gasteiger charge is -2.36. The Hall–Kier alpha value is -4.19. The summed E-state index contributed by atoms with van der Waals surface area (Å²) in [6, 6.07) is 14.1. The zero-order valence-electron chi connectivity index (χ0n) is 21.0. The van der Waals surface area contributed by atoms with Crippen molar-refractivity contribution in [2.75, 3.05) is 18.9 Å². The van der Waals surface area contributed by atoms with Crippen LogP contribution in [-0.4, -0.2) is 58.2 Å².